The molecule has 0 spiro atoms. The van der Waals surface area contributed by atoms with Crippen LogP contribution in [0.1, 0.15) is 13.8 Å². The van der Waals surface area contributed by atoms with Crippen LogP contribution in [0.3, 0.4) is 0 Å². The summed E-state index contributed by atoms with van der Waals surface area (Å²) >= 11 is 1.23. The van der Waals surface area contributed by atoms with Gasteiger partial charge in [0.2, 0.25) is 15.9 Å². The van der Waals surface area contributed by atoms with Crippen LogP contribution in [0.5, 0.6) is 5.75 Å². The van der Waals surface area contributed by atoms with Crippen molar-refractivity contribution >= 4 is 33.4 Å². The summed E-state index contributed by atoms with van der Waals surface area (Å²) in [6.07, 6.45) is 1.55. The Morgan fingerprint density at radius 3 is 2.59 bits per heavy atom. The normalized spacial score (nSPS) is 11.6. The molecule has 2 aromatic rings. The maximum atomic E-state index is 12.7. The lowest BCUT2D eigenvalue weighted by atomic mass is 10.3. The van der Waals surface area contributed by atoms with Crippen molar-refractivity contribution in [2.45, 2.75) is 23.9 Å². The third kappa shape index (κ3) is 4.99. The second kappa shape index (κ2) is 9.20. The molecule has 9 nitrogen and oxygen atoms in total. The average molecular weight is 414 g/mol. The number of carbonyl (C=O) groups is 1. The van der Waals surface area contributed by atoms with Crippen LogP contribution < -0.4 is 10.1 Å². The second-order valence-corrected chi connectivity index (χ2v) is 8.39. The minimum Gasteiger partial charge on any atom is -0.495 e. The van der Waals surface area contributed by atoms with Crippen LogP contribution in [0.25, 0.3) is 0 Å². The summed E-state index contributed by atoms with van der Waals surface area (Å²) in [7, 11) is -0.399. The average Bonchev–Trinajstić information content (AvgIpc) is 3.05. The molecule has 1 N–H and O–H groups in total. The topological polar surface area (TPSA) is 106 Å². The number of aromatic nitrogens is 3. The van der Waals surface area contributed by atoms with E-state index in [2.05, 4.69) is 15.5 Å². The number of amides is 1. The lowest BCUT2D eigenvalue weighted by molar-refractivity contribution is -0.113. The van der Waals surface area contributed by atoms with E-state index in [4.69, 9.17) is 4.74 Å². The Kier molecular flexibility index (Phi) is 7.22. The molecule has 0 aliphatic rings. The second-order valence-electron chi connectivity index (χ2n) is 5.51. The first-order chi connectivity index (χ1) is 12.8. The molecular formula is C16H23N5O4S2. The third-order valence-corrected chi connectivity index (χ3v) is 6.87. The molecule has 0 aliphatic heterocycles. The zero-order chi connectivity index (χ0) is 20.0. The molecule has 0 saturated carbocycles. The number of benzene rings is 1. The summed E-state index contributed by atoms with van der Waals surface area (Å²) < 4.78 is 33.7. The molecule has 1 heterocycles. The van der Waals surface area contributed by atoms with Gasteiger partial charge in [0, 0.05) is 20.1 Å². The van der Waals surface area contributed by atoms with Gasteiger partial charge in [0.05, 0.1) is 23.4 Å². The van der Waals surface area contributed by atoms with E-state index >= 15 is 0 Å². The number of anilines is 1. The number of nitrogens with zero attached hydrogens (tertiary/aromatic N) is 4. The standard InChI is InChI=1S/C16H23N5O4S2/c1-5-21(6-2)27(23,24)12-7-8-14(25-4)13(9-12)18-15(22)10-26-16-19-17-11-20(16)3/h7-9,11H,5-6,10H2,1-4H3,(H,18,22). The predicted molar refractivity (Wildman–Crippen MR) is 103 cm³/mol. The van der Waals surface area contributed by atoms with Gasteiger partial charge in [-0.05, 0) is 18.2 Å². The zero-order valence-corrected chi connectivity index (χ0v) is 17.3. The van der Waals surface area contributed by atoms with Gasteiger partial charge in [-0.25, -0.2) is 8.42 Å². The van der Waals surface area contributed by atoms with Gasteiger partial charge in [-0.1, -0.05) is 25.6 Å². The number of methoxy groups -OCH3 is 1. The van der Waals surface area contributed by atoms with Crippen molar-refractivity contribution in [3.63, 3.8) is 0 Å². The molecule has 2 rings (SSSR count). The van der Waals surface area contributed by atoms with Crippen LogP contribution >= 0.6 is 11.8 Å². The van der Waals surface area contributed by atoms with E-state index < -0.39 is 10.0 Å². The number of ether oxygens (including phenoxy) is 1. The van der Waals surface area contributed by atoms with Crippen molar-refractivity contribution in [3.05, 3.63) is 24.5 Å². The smallest absolute Gasteiger partial charge is 0.243 e. The fourth-order valence-electron chi connectivity index (χ4n) is 2.38. The third-order valence-electron chi connectivity index (χ3n) is 3.79. The number of rotatable bonds is 9. The summed E-state index contributed by atoms with van der Waals surface area (Å²) in [6, 6.07) is 4.41. The highest BCUT2D eigenvalue weighted by Gasteiger charge is 2.23. The van der Waals surface area contributed by atoms with Crippen molar-refractivity contribution in [2.75, 3.05) is 31.3 Å². The number of nitrogens with one attached hydrogen (secondary N) is 1. The van der Waals surface area contributed by atoms with E-state index in [1.54, 1.807) is 31.8 Å². The molecule has 1 aromatic carbocycles. The first-order valence-electron chi connectivity index (χ1n) is 8.28. The highest BCUT2D eigenvalue weighted by Crippen LogP contribution is 2.29. The summed E-state index contributed by atoms with van der Waals surface area (Å²) in [5.41, 5.74) is 0.300. The number of carbonyl (C=O) groups excluding carboxylic acids is 1. The minimum absolute atomic E-state index is 0.0999. The minimum atomic E-state index is -3.64. The Balaban J connectivity index is 2.20. The zero-order valence-electron chi connectivity index (χ0n) is 15.7. The SMILES string of the molecule is CCN(CC)S(=O)(=O)c1ccc(OC)c(NC(=O)CSc2nncn2C)c1. The van der Waals surface area contributed by atoms with E-state index in [9.17, 15) is 13.2 Å². The molecule has 1 aromatic heterocycles. The van der Waals surface area contributed by atoms with Gasteiger partial charge in [0.15, 0.2) is 5.16 Å². The highest BCUT2D eigenvalue weighted by atomic mass is 32.2. The van der Waals surface area contributed by atoms with Gasteiger partial charge < -0.3 is 14.6 Å². The number of hydrogen-bond donors (Lipinski definition) is 1. The van der Waals surface area contributed by atoms with Crippen molar-refractivity contribution in [1.82, 2.24) is 19.1 Å². The molecule has 0 atom stereocenters. The number of hydrogen-bond acceptors (Lipinski definition) is 7. The van der Waals surface area contributed by atoms with Crippen molar-refractivity contribution in [1.29, 1.82) is 0 Å². The van der Waals surface area contributed by atoms with Crippen LogP contribution in [-0.2, 0) is 21.9 Å². The molecule has 0 radical (unpaired) electrons. The van der Waals surface area contributed by atoms with Crippen LogP contribution in [0.4, 0.5) is 5.69 Å². The van der Waals surface area contributed by atoms with E-state index in [0.29, 0.717) is 29.7 Å². The fraction of sp³-hybridized carbons (Fsp3) is 0.438. The van der Waals surface area contributed by atoms with E-state index in [1.807, 2.05) is 0 Å². The van der Waals surface area contributed by atoms with Crippen LogP contribution in [0.2, 0.25) is 0 Å². The van der Waals surface area contributed by atoms with Crippen LogP contribution in [0.15, 0.2) is 34.6 Å². The molecule has 0 unspecified atom stereocenters. The van der Waals surface area contributed by atoms with Gasteiger partial charge in [0.25, 0.3) is 0 Å². The maximum Gasteiger partial charge on any atom is 0.243 e. The monoisotopic (exact) mass is 413 g/mol. The molecular weight excluding hydrogens is 390 g/mol. The van der Waals surface area contributed by atoms with Gasteiger partial charge in [-0.3, -0.25) is 4.79 Å². The Bertz CT molecular complexity index is 894. The molecule has 0 saturated heterocycles. The summed E-state index contributed by atoms with van der Waals surface area (Å²) in [4.78, 5) is 12.4. The molecule has 0 bridgehead atoms. The van der Waals surface area contributed by atoms with E-state index in [-0.39, 0.29) is 16.6 Å². The maximum absolute atomic E-state index is 12.7. The highest BCUT2D eigenvalue weighted by molar-refractivity contribution is 7.99. The van der Waals surface area contributed by atoms with Crippen molar-refractivity contribution < 1.29 is 17.9 Å². The molecule has 1 amide bonds. The quantitative estimate of drug-likeness (QED) is 0.622. The van der Waals surface area contributed by atoms with Gasteiger partial charge in [0.1, 0.15) is 12.1 Å². The van der Waals surface area contributed by atoms with Gasteiger partial charge >= 0.3 is 0 Å². The first-order valence-corrected chi connectivity index (χ1v) is 10.7. The van der Waals surface area contributed by atoms with Crippen molar-refractivity contribution in [2.24, 2.45) is 7.05 Å². The number of sulfonamides is 1. The van der Waals surface area contributed by atoms with E-state index in [0.717, 1.165) is 0 Å². The molecule has 148 valence electrons. The summed E-state index contributed by atoms with van der Waals surface area (Å²) in [5.74, 6) is 0.173. The largest absolute Gasteiger partial charge is 0.495 e. The fourth-order valence-corrected chi connectivity index (χ4v) is 4.55. The molecule has 0 fully saturated rings. The molecule has 11 heteroatoms. The van der Waals surface area contributed by atoms with E-state index in [1.165, 1.54) is 41.4 Å². The number of aryl methyl sites for hydroxylation is 1. The van der Waals surface area contributed by atoms with Crippen LogP contribution in [0, 0.1) is 0 Å². The Labute approximate surface area is 163 Å². The molecule has 0 aliphatic carbocycles. The Hall–Kier alpha value is -2.11. The lowest BCUT2D eigenvalue weighted by Gasteiger charge is -2.19. The van der Waals surface area contributed by atoms with Crippen molar-refractivity contribution in [3.8, 4) is 5.75 Å². The first kappa shape index (κ1) is 21.2. The van der Waals surface area contributed by atoms with Gasteiger partial charge in [-0.2, -0.15) is 4.31 Å². The summed E-state index contributed by atoms with van der Waals surface area (Å²) in [5, 5.41) is 11.0. The summed E-state index contributed by atoms with van der Waals surface area (Å²) in [6.45, 7) is 4.27. The predicted octanol–water partition coefficient (Wildman–Crippen LogP) is 1.58. The Morgan fingerprint density at radius 2 is 2.04 bits per heavy atom. The molecule has 27 heavy (non-hydrogen) atoms. The van der Waals surface area contributed by atoms with Crippen LogP contribution in [-0.4, -0.2) is 59.3 Å². The number of thioether (sulfide) groups is 1. The lowest BCUT2D eigenvalue weighted by Crippen LogP contribution is -2.30. The van der Waals surface area contributed by atoms with Gasteiger partial charge in [-0.15, -0.1) is 10.2 Å². The Morgan fingerprint density at radius 1 is 1.33 bits per heavy atom.